The topological polar surface area (TPSA) is 12.0 Å². The minimum absolute atomic E-state index is 0.152. The second-order valence-electron chi connectivity index (χ2n) is 4.63. The van der Waals surface area contributed by atoms with Gasteiger partial charge in [0.1, 0.15) is 0 Å². The third-order valence-electron chi connectivity index (χ3n) is 3.60. The van der Waals surface area contributed by atoms with Gasteiger partial charge in [0.2, 0.25) is 0 Å². The summed E-state index contributed by atoms with van der Waals surface area (Å²) < 4.78 is 27.6. The van der Waals surface area contributed by atoms with E-state index in [1.54, 1.807) is 6.07 Å². The zero-order chi connectivity index (χ0) is 12.8. The molecule has 1 aliphatic rings. The van der Waals surface area contributed by atoms with Crippen LogP contribution in [0.4, 0.5) is 8.78 Å². The van der Waals surface area contributed by atoms with E-state index in [0.717, 1.165) is 23.3 Å². The average Bonchev–Trinajstić information content (AvgIpc) is 2.99. The molecule has 18 heavy (non-hydrogen) atoms. The lowest BCUT2D eigenvalue weighted by molar-refractivity contribution is 0.502. The van der Waals surface area contributed by atoms with Gasteiger partial charge in [-0.25, -0.2) is 8.78 Å². The normalized spacial score (nSPS) is 16.8. The Morgan fingerprint density at radius 1 is 1.28 bits per heavy atom. The SMILES string of the molecule is CNC1(c2cc(F)c(F)c(-c3cccs3)c2)CC1. The standard InChI is InChI=1S/C14H13F2NS/c1-17-14(4-5-14)9-7-10(12-3-2-6-18-12)13(16)11(15)8-9/h2-3,6-8,17H,4-5H2,1H3. The third kappa shape index (κ3) is 1.76. The van der Waals surface area contributed by atoms with E-state index in [9.17, 15) is 8.78 Å². The van der Waals surface area contributed by atoms with E-state index in [4.69, 9.17) is 0 Å². The molecule has 0 spiro atoms. The Bertz CT molecular complexity index is 574. The number of nitrogens with one attached hydrogen (secondary N) is 1. The van der Waals surface area contributed by atoms with Crippen LogP contribution in [0.1, 0.15) is 18.4 Å². The van der Waals surface area contributed by atoms with Gasteiger partial charge in [-0.15, -0.1) is 11.3 Å². The van der Waals surface area contributed by atoms with Crippen molar-refractivity contribution in [1.82, 2.24) is 5.32 Å². The Morgan fingerprint density at radius 3 is 2.61 bits per heavy atom. The van der Waals surface area contributed by atoms with Crippen LogP contribution in [0.25, 0.3) is 10.4 Å². The fraction of sp³-hybridized carbons (Fsp3) is 0.286. The van der Waals surface area contributed by atoms with E-state index in [2.05, 4.69) is 5.32 Å². The highest BCUT2D eigenvalue weighted by Gasteiger charge is 2.43. The summed E-state index contributed by atoms with van der Waals surface area (Å²) >= 11 is 1.42. The Hall–Kier alpha value is -1.26. The predicted octanol–water partition coefficient (Wildman–Crippen LogP) is 3.90. The van der Waals surface area contributed by atoms with Crippen LogP contribution in [0.15, 0.2) is 29.6 Å². The van der Waals surface area contributed by atoms with Crippen molar-refractivity contribution in [3.8, 4) is 10.4 Å². The summed E-state index contributed by atoms with van der Waals surface area (Å²) in [7, 11) is 1.86. The van der Waals surface area contributed by atoms with Crippen molar-refractivity contribution in [2.24, 2.45) is 0 Å². The maximum absolute atomic E-state index is 13.9. The number of halogens is 2. The first kappa shape index (κ1) is 11.8. The van der Waals surface area contributed by atoms with E-state index in [0.29, 0.717) is 5.56 Å². The van der Waals surface area contributed by atoms with Gasteiger partial charge in [-0.3, -0.25) is 0 Å². The van der Waals surface area contributed by atoms with E-state index < -0.39 is 11.6 Å². The average molecular weight is 265 g/mol. The molecule has 0 atom stereocenters. The van der Waals surface area contributed by atoms with Crippen molar-refractivity contribution in [1.29, 1.82) is 0 Å². The second-order valence-corrected chi connectivity index (χ2v) is 5.58. The summed E-state index contributed by atoms with van der Waals surface area (Å²) in [6, 6.07) is 6.74. The van der Waals surface area contributed by atoms with Crippen LogP contribution in [0.2, 0.25) is 0 Å². The molecule has 3 rings (SSSR count). The van der Waals surface area contributed by atoms with E-state index >= 15 is 0 Å². The molecular weight excluding hydrogens is 252 g/mol. The van der Waals surface area contributed by atoms with Gasteiger partial charge in [0.15, 0.2) is 11.6 Å². The van der Waals surface area contributed by atoms with Crippen LogP contribution >= 0.6 is 11.3 Å². The van der Waals surface area contributed by atoms with Crippen molar-refractivity contribution in [2.45, 2.75) is 18.4 Å². The Kier molecular flexibility index (Phi) is 2.72. The first-order valence-electron chi connectivity index (χ1n) is 5.88. The van der Waals surface area contributed by atoms with Crippen LogP contribution in [0.5, 0.6) is 0 Å². The zero-order valence-corrected chi connectivity index (χ0v) is 10.8. The molecule has 0 unspecified atom stereocenters. The van der Waals surface area contributed by atoms with Gasteiger partial charge < -0.3 is 5.32 Å². The number of hydrogen-bond donors (Lipinski definition) is 1. The predicted molar refractivity (Wildman–Crippen MR) is 69.6 cm³/mol. The number of benzene rings is 1. The molecule has 1 N–H and O–H groups in total. The monoisotopic (exact) mass is 265 g/mol. The van der Waals surface area contributed by atoms with Gasteiger partial charge in [-0.05, 0) is 49.0 Å². The van der Waals surface area contributed by atoms with Crippen molar-refractivity contribution >= 4 is 11.3 Å². The first-order chi connectivity index (χ1) is 8.66. The van der Waals surface area contributed by atoms with Gasteiger partial charge >= 0.3 is 0 Å². The number of rotatable bonds is 3. The molecule has 0 amide bonds. The minimum Gasteiger partial charge on any atom is -0.310 e. The lowest BCUT2D eigenvalue weighted by Crippen LogP contribution is -2.24. The van der Waals surface area contributed by atoms with Crippen LogP contribution < -0.4 is 5.32 Å². The summed E-state index contributed by atoms with van der Waals surface area (Å²) in [5, 5.41) is 5.07. The molecule has 1 aromatic carbocycles. The van der Waals surface area contributed by atoms with Gasteiger partial charge in [0.05, 0.1) is 0 Å². The molecule has 2 aromatic rings. The summed E-state index contributed by atoms with van der Waals surface area (Å²) in [5.41, 5.74) is 1.05. The largest absolute Gasteiger partial charge is 0.310 e. The van der Waals surface area contributed by atoms with Crippen LogP contribution in [-0.4, -0.2) is 7.05 Å². The highest BCUT2D eigenvalue weighted by atomic mass is 32.1. The molecule has 0 saturated heterocycles. The number of hydrogen-bond acceptors (Lipinski definition) is 2. The van der Waals surface area contributed by atoms with E-state index in [1.807, 2.05) is 24.6 Å². The molecule has 4 heteroatoms. The maximum Gasteiger partial charge on any atom is 0.167 e. The summed E-state index contributed by atoms with van der Waals surface area (Å²) in [6.07, 6.45) is 1.94. The smallest absolute Gasteiger partial charge is 0.167 e. The van der Waals surface area contributed by atoms with Crippen LogP contribution in [0, 0.1) is 11.6 Å². The van der Waals surface area contributed by atoms with Crippen molar-refractivity contribution in [3.63, 3.8) is 0 Å². The van der Waals surface area contributed by atoms with Gasteiger partial charge in [0, 0.05) is 16.0 Å². The van der Waals surface area contributed by atoms with Gasteiger partial charge in [0.25, 0.3) is 0 Å². The Balaban J connectivity index is 2.14. The minimum atomic E-state index is -0.766. The summed E-state index contributed by atoms with van der Waals surface area (Å²) in [5.74, 6) is -1.52. The van der Waals surface area contributed by atoms with Crippen molar-refractivity contribution < 1.29 is 8.78 Å². The molecule has 1 nitrogen and oxygen atoms in total. The van der Waals surface area contributed by atoms with Crippen molar-refractivity contribution in [3.05, 3.63) is 46.8 Å². The van der Waals surface area contributed by atoms with Crippen molar-refractivity contribution in [2.75, 3.05) is 7.05 Å². The molecule has 94 valence electrons. The fourth-order valence-corrected chi connectivity index (χ4v) is 3.02. The highest BCUT2D eigenvalue weighted by molar-refractivity contribution is 7.13. The fourth-order valence-electron chi connectivity index (χ4n) is 2.28. The second kappa shape index (κ2) is 4.14. The highest BCUT2D eigenvalue weighted by Crippen LogP contribution is 2.46. The molecule has 1 aromatic heterocycles. The first-order valence-corrected chi connectivity index (χ1v) is 6.76. The maximum atomic E-state index is 13.9. The van der Waals surface area contributed by atoms with Gasteiger partial charge in [-0.2, -0.15) is 0 Å². The summed E-state index contributed by atoms with van der Waals surface area (Å²) in [6.45, 7) is 0. The van der Waals surface area contributed by atoms with E-state index in [-0.39, 0.29) is 5.54 Å². The summed E-state index contributed by atoms with van der Waals surface area (Å²) in [4.78, 5) is 0.764. The molecule has 1 saturated carbocycles. The molecule has 0 radical (unpaired) electrons. The zero-order valence-electron chi connectivity index (χ0n) is 9.97. The number of thiophene rings is 1. The Morgan fingerprint density at radius 2 is 2.06 bits per heavy atom. The molecule has 0 aliphatic heterocycles. The molecular formula is C14H13F2NS. The molecule has 1 heterocycles. The quantitative estimate of drug-likeness (QED) is 0.887. The lowest BCUT2D eigenvalue weighted by Gasteiger charge is -2.16. The molecule has 1 fully saturated rings. The Labute approximate surface area is 108 Å². The third-order valence-corrected chi connectivity index (χ3v) is 4.50. The van der Waals surface area contributed by atoms with E-state index in [1.165, 1.54) is 17.4 Å². The molecule has 0 bridgehead atoms. The molecule has 1 aliphatic carbocycles. The van der Waals surface area contributed by atoms with Crippen LogP contribution in [0.3, 0.4) is 0 Å². The van der Waals surface area contributed by atoms with Crippen LogP contribution in [-0.2, 0) is 5.54 Å². The van der Waals surface area contributed by atoms with Gasteiger partial charge in [-0.1, -0.05) is 6.07 Å². The lowest BCUT2D eigenvalue weighted by atomic mass is 10.0.